The Hall–Kier alpha value is -1.07. The molecule has 20 heavy (non-hydrogen) atoms. The molecule has 0 unspecified atom stereocenters. The molecule has 0 aliphatic heterocycles. The molecule has 2 fully saturated rings. The molecule has 2 aliphatic carbocycles. The Morgan fingerprint density at radius 1 is 1.20 bits per heavy atom. The molecule has 2 saturated carbocycles. The van der Waals surface area contributed by atoms with Crippen molar-refractivity contribution in [2.45, 2.75) is 25.7 Å². The van der Waals surface area contributed by atoms with E-state index in [0.29, 0.717) is 10.7 Å². The number of hydrogen-bond donors (Lipinski definition) is 1. The van der Waals surface area contributed by atoms with Gasteiger partial charge in [0, 0.05) is 10.4 Å². The van der Waals surface area contributed by atoms with Crippen molar-refractivity contribution in [1.82, 2.24) is 0 Å². The van der Waals surface area contributed by atoms with Gasteiger partial charge in [0.1, 0.15) is 0 Å². The van der Waals surface area contributed by atoms with Crippen LogP contribution in [0.2, 0.25) is 5.02 Å². The van der Waals surface area contributed by atoms with Crippen molar-refractivity contribution < 1.29 is 14.3 Å². The highest BCUT2D eigenvalue weighted by Crippen LogP contribution is 2.40. The fourth-order valence-electron chi connectivity index (χ4n) is 1.84. The molecule has 6 heteroatoms. The number of hydrogen-bond acceptors (Lipinski definition) is 3. The highest BCUT2D eigenvalue weighted by Gasteiger charge is 2.34. The molecular weight excluding hydrogens is 346 g/mol. The Morgan fingerprint density at radius 3 is 2.45 bits per heavy atom. The number of carbonyl (C=O) groups is 2. The average Bonchev–Trinajstić information content (AvgIpc) is 3.27. The molecule has 0 spiro atoms. The Kier molecular flexibility index (Phi) is 3.73. The van der Waals surface area contributed by atoms with Crippen LogP contribution in [0, 0.1) is 11.8 Å². The molecule has 0 bridgehead atoms. The third kappa shape index (κ3) is 3.15. The summed E-state index contributed by atoms with van der Waals surface area (Å²) in [5, 5.41) is 3.09. The second kappa shape index (κ2) is 5.37. The van der Waals surface area contributed by atoms with Crippen LogP contribution in [0.25, 0.3) is 0 Å². The molecule has 4 nitrogen and oxygen atoms in total. The van der Waals surface area contributed by atoms with Gasteiger partial charge in [-0.3, -0.25) is 9.59 Å². The second-order valence-corrected chi connectivity index (χ2v) is 6.55. The Bertz CT molecular complexity index is 582. The molecule has 2 aliphatic rings. The number of benzene rings is 1. The highest BCUT2D eigenvalue weighted by atomic mass is 79.9. The van der Waals surface area contributed by atoms with Crippen LogP contribution in [0.15, 0.2) is 16.6 Å². The smallest absolute Gasteiger partial charge is 0.314 e. The van der Waals surface area contributed by atoms with Crippen LogP contribution < -0.4 is 10.1 Å². The number of halogens is 2. The van der Waals surface area contributed by atoms with Gasteiger partial charge < -0.3 is 10.1 Å². The SMILES string of the molecule is O=C(Nc1cc(Br)cc(Cl)c1OC(=O)C1CC1)C1CC1. The van der Waals surface area contributed by atoms with E-state index in [2.05, 4.69) is 21.2 Å². The van der Waals surface area contributed by atoms with Gasteiger partial charge >= 0.3 is 5.97 Å². The summed E-state index contributed by atoms with van der Waals surface area (Å²) in [5.74, 6) is -0.0544. The van der Waals surface area contributed by atoms with Crippen LogP contribution in [-0.2, 0) is 9.59 Å². The highest BCUT2D eigenvalue weighted by molar-refractivity contribution is 9.10. The summed E-state index contributed by atoms with van der Waals surface area (Å²) in [6.07, 6.45) is 3.53. The second-order valence-electron chi connectivity index (χ2n) is 5.22. The topological polar surface area (TPSA) is 55.4 Å². The summed E-state index contributed by atoms with van der Waals surface area (Å²) in [5.41, 5.74) is 0.440. The predicted molar refractivity (Wildman–Crippen MR) is 78.9 cm³/mol. The lowest BCUT2D eigenvalue weighted by atomic mass is 10.2. The quantitative estimate of drug-likeness (QED) is 0.658. The van der Waals surface area contributed by atoms with Gasteiger partial charge in [0.2, 0.25) is 5.91 Å². The molecule has 106 valence electrons. The summed E-state index contributed by atoms with van der Waals surface area (Å²) in [4.78, 5) is 23.7. The minimum atomic E-state index is -0.281. The van der Waals surface area contributed by atoms with E-state index in [1.54, 1.807) is 12.1 Å². The van der Waals surface area contributed by atoms with E-state index in [9.17, 15) is 9.59 Å². The van der Waals surface area contributed by atoms with Crippen molar-refractivity contribution in [3.8, 4) is 5.75 Å². The van der Waals surface area contributed by atoms with E-state index in [1.165, 1.54) is 0 Å². The van der Waals surface area contributed by atoms with E-state index in [0.717, 1.165) is 30.2 Å². The lowest BCUT2D eigenvalue weighted by Gasteiger charge is -2.13. The number of ether oxygens (including phenoxy) is 1. The van der Waals surface area contributed by atoms with Crippen molar-refractivity contribution in [1.29, 1.82) is 0 Å². The monoisotopic (exact) mass is 357 g/mol. The van der Waals surface area contributed by atoms with Crippen LogP contribution in [0.4, 0.5) is 5.69 Å². The van der Waals surface area contributed by atoms with E-state index in [1.807, 2.05) is 0 Å². The molecule has 1 aromatic carbocycles. The van der Waals surface area contributed by atoms with Crippen LogP contribution in [0.3, 0.4) is 0 Å². The molecule has 1 aromatic rings. The molecule has 0 aromatic heterocycles. The van der Waals surface area contributed by atoms with Crippen LogP contribution in [0.1, 0.15) is 25.7 Å². The molecule has 3 rings (SSSR count). The van der Waals surface area contributed by atoms with Crippen molar-refractivity contribution in [3.05, 3.63) is 21.6 Å². The standard InChI is InChI=1S/C14H13BrClNO3/c15-9-5-10(16)12(20-14(19)8-3-4-8)11(6-9)17-13(18)7-1-2-7/h5-8H,1-4H2,(H,17,18). The first-order valence-corrected chi connectivity index (χ1v) is 7.73. The zero-order valence-corrected chi connectivity index (χ0v) is 13.0. The van der Waals surface area contributed by atoms with Gasteiger partial charge in [0.15, 0.2) is 5.75 Å². The predicted octanol–water partition coefficient (Wildman–Crippen LogP) is 3.77. The maximum Gasteiger partial charge on any atom is 0.314 e. The Balaban J connectivity index is 1.84. The first kappa shape index (κ1) is 13.9. The normalized spacial score (nSPS) is 17.7. The summed E-state index contributed by atoms with van der Waals surface area (Å²) < 4.78 is 6.07. The van der Waals surface area contributed by atoms with Crippen molar-refractivity contribution in [3.63, 3.8) is 0 Å². The maximum absolute atomic E-state index is 11.9. The Labute approximate surface area is 129 Å². The molecule has 0 heterocycles. The average molecular weight is 359 g/mol. The number of carbonyl (C=O) groups excluding carboxylic acids is 2. The zero-order valence-electron chi connectivity index (χ0n) is 10.6. The van der Waals surface area contributed by atoms with Crippen LogP contribution in [-0.4, -0.2) is 11.9 Å². The lowest BCUT2D eigenvalue weighted by Crippen LogP contribution is -2.16. The summed E-state index contributed by atoms with van der Waals surface area (Å²) in [6.45, 7) is 0. The number of nitrogens with one attached hydrogen (secondary N) is 1. The third-order valence-corrected chi connectivity index (χ3v) is 4.07. The van der Waals surface area contributed by atoms with Crippen LogP contribution >= 0.6 is 27.5 Å². The van der Waals surface area contributed by atoms with E-state index < -0.39 is 0 Å². The summed E-state index contributed by atoms with van der Waals surface area (Å²) >= 11 is 9.44. The van der Waals surface area contributed by atoms with Crippen molar-refractivity contribution >= 4 is 45.1 Å². The van der Waals surface area contributed by atoms with E-state index in [4.69, 9.17) is 16.3 Å². The van der Waals surface area contributed by atoms with E-state index >= 15 is 0 Å². The zero-order chi connectivity index (χ0) is 14.3. The van der Waals surface area contributed by atoms with Gasteiger partial charge in [0.25, 0.3) is 0 Å². The van der Waals surface area contributed by atoms with Gasteiger partial charge in [-0.15, -0.1) is 0 Å². The molecule has 1 N–H and O–H groups in total. The lowest BCUT2D eigenvalue weighted by molar-refractivity contribution is -0.135. The van der Waals surface area contributed by atoms with Crippen LogP contribution in [0.5, 0.6) is 5.75 Å². The Morgan fingerprint density at radius 2 is 1.85 bits per heavy atom. The molecule has 0 radical (unpaired) electrons. The maximum atomic E-state index is 11.9. The molecular formula is C14H13BrClNO3. The number of anilines is 1. The number of amides is 1. The van der Waals surface area contributed by atoms with E-state index in [-0.39, 0.29) is 29.5 Å². The minimum absolute atomic E-state index is 0.0262. The van der Waals surface area contributed by atoms with Gasteiger partial charge in [-0.25, -0.2) is 0 Å². The largest absolute Gasteiger partial charge is 0.422 e. The summed E-state index contributed by atoms with van der Waals surface area (Å²) in [7, 11) is 0. The number of rotatable bonds is 4. The van der Waals surface area contributed by atoms with Gasteiger partial charge in [-0.1, -0.05) is 27.5 Å². The first-order chi connectivity index (χ1) is 9.54. The van der Waals surface area contributed by atoms with Gasteiger partial charge in [-0.05, 0) is 37.8 Å². The van der Waals surface area contributed by atoms with Gasteiger partial charge in [0.05, 0.1) is 16.6 Å². The van der Waals surface area contributed by atoms with Gasteiger partial charge in [-0.2, -0.15) is 0 Å². The fraction of sp³-hybridized carbons (Fsp3) is 0.429. The molecule has 0 atom stereocenters. The van der Waals surface area contributed by atoms with Crippen molar-refractivity contribution in [2.24, 2.45) is 11.8 Å². The fourth-order valence-corrected chi connectivity index (χ4v) is 2.69. The van der Waals surface area contributed by atoms with Crippen molar-refractivity contribution in [2.75, 3.05) is 5.32 Å². The first-order valence-electron chi connectivity index (χ1n) is 6.56. The minimum Gasteiger partial charge on any atom is -0.422 e. The summed E-state index contributed by atoms with van der Waals surface area (Å²) in [6, 6.07) is 3.34. The molecule has 0 saturated heterocycles. The third-order valence-electron chi connectivity index (χ3n) is 3.33. The number of esters is 1. The molecule has 1 amide bonds.